The highest BCUT2D eigenvalue weighted by atomic mass is 32.1. The number of nitrogens with one attached hydrogen (secondary N) is 2. The minimum atomic E-state index is -0.454. The highest BCUT2D eigenvalue weighted by Gasteiger charge is 2.10. The van der Waals surface area contributed by atoms with Crippen molar-refractivity contribution in [1.29, 1.82) is 0 Å². The topological polar surface area (TPSA) is 84.3 Å². The molecule has 0 saturated heterocycles. The van der Waals surface area contributed by atoms with Crippen molar-refractivity contribution < 1.29 is 9.72 Å². The molecule has 0 spiro atoms. The Kier molecular flexibility index (Phi) is 6.74. The second-order valence-corrected chi connectivity index (χ2v) is 5.12. The van der Waals surface area contributed by atoms with Crippen LogP contribution in [0.25, 0.3) is 0 Å². The van der Waals surface area contributed by atoms with E-state index in [1.807, 2.05) is 0 Å². The van der Waals surface area contributed by atoms with E-state index in [4.69, 9.17) is 12.2 Å². The lowest BCUT2D eigenvalue weighted by atomic mass is 10.2. The highest BCUT2D eigenvalue weighted by Crippen LogP contribution is 2.21. The third-order valence-corrected chi connectivity index (χ3v) is 3.13. The Bertz CT molecular complexity index is 546. The van der Waals surface area contributed by atoms with Crippen LogP contribution in [-0.4, -0.2) is 15.9 Å². The number of anilines is 1. The number of nitrogens with zero attached hydrogens (tertiary/aromatic N) is 1. The summed E-state index contributed by atoms with van der Waals surface area (Å²) in [6, 6.07) is 4.41. The number of non-ortho nitro benzene ring substituents is 1. The number of unbranched alkanes of at least 4 members (excludes halogenated alkanes) is 2. The molecule has 0 bridgehead atoms. The maximum absolute atomic E-state index is 11.6. The number of nitro groups is 1. The molecule has 114 valence electrons. The van der Waals surface area contributed by atoms with Crippen LogP contribution < -0.4 is 10.6 Å². The zero-order valence-corrected chi connectivity index (χ0v) is 13.0. The van der Waals surface area contributed by atoms with Crippen LogP contribution in [0.5, 0.6) is 0 Å². The second-order valence-electron chi connectivity index (χ2n) is 4.72. The molecule has 7 heteroatoms. The first-order chi connectivity index (χ1) is 9.93. The number of aryl methyl sites for hydroxylation is 1. The van der Waals surface area contributed by atoms with Gasteiger partial charge >= 0.3 is 0 Å². The van der Waals surface area contributed by atoms with Crippen molar-refractivity contribution in [3.8, 4) is 0 Å². The van der Waals surface area contributed by atoms with E-state index in [9.17, 15) is 14.9 Å². The van der Waals surface area contributed by atoms with Gasteiger partial charge in [0.05, 0.1) is 4.92 Å². The first-order valence-electron chi connectivity index (χ1n) is 6.80. The van der Waals surface area contributed by atoms with E-state index in [0.717, 1.165) is 19.3 Å². The lowest BCUT2D eigenvalue weighted by molar-refractivity contribution is -0.384. The Labute approximate surface area is 129 Å². The fraction of sp³-hybridized carbons (Fsp3) is 0.429. The molecule has 1 aromatic rings. The maximum Gasteiger partial charge on any atom is 0.269 e. The molecular weight excluding hydrogens is 290 g/mol. The lowest BCUT2D eigenvalue weighted by Gasteiger charge is -2.11. The first kappa shape index (κ1) is 17.0. The molecule has 0 aliphatic heterocycles. The fourth-order valence-electron chi connectivity index (χ4n) is 1.78. The van der Waals surface area contributed by atoms with E-state index < -0.39 is 4.92 Å². The van der Waals surface area contributed by atoms with Crippen LogP contribution in [0.1, 0.15) is 38.2 Å². The van der Waals surface area contributed by atoms with Gasteiger partial charge < -0.3 is 10.6 Å². The maximum atomic E-state index is 11.6. The van der Waals surface area contributed by atoms with Gasteiger partial charge in [-0.3, -0.25) is 14.9 Å². The number of benzene rings is 1. The van der Waals surface area contributed by atoms with Gasteiger partial charge in [-0.25, -0.2) is 0 Å². The molecule has 0 aliphatic rings. The van der Waals surface area contributed by atoms with Gasteiger partial charge in [0.15, 0.2) is 5.11 Å². The zero-order valence-electron chi connectivity index (χ0n) is 12.1. The zero-order chi connectivity index (χ0) is 15.8. The fourth-order valence-corrected chi connectivity index (χ4v) is 2.00. The summed E-state index contributed by atoms with van der Waals surface area (Å²) < 4.78 is 0. The number of thiocarbonyl (C=S) groups is 1. The van der Waals surface area contributed by atoms with Crippen molar-refractivity contribution in [1.82, 2.24) is 5.32 Å². The largest absolute Gasteiger partial charge is 0.332 e. The Morgan fingerprint density at radius 2 is 2.10 bits per heavy atom. The number of rotatable bonds is 6. The van der Waals surface area contributed by atoms with E-state index >= 15 is 0 Å². The lowest BCUT2D eigenvalue weighted by Crippen LogP contribution is -2.34. The van der Waals surface area contributed by atoms with Gasteiger partial charge in [-0.1, -0.05) is 19.8 Å². The van der Waals surface area contributed by atoms with Crippen molar-refractivity contribution in [3.05, 3.63) is 33.9 Å². The quantitative estimate of drug-likeness (QED) is 0.364. The molecule has 0 aliphatic carbocycles. The Balaban J connectivity index is 2.55. The number of hydrogen-bond acceptors (Lipinski definition) is 4. The van der Waals surface area contributed by atoms with Crippen LogP contribution in [0.3, 0.4) is 0 Å². The minimum Gasteiger partial charge on any atom is -0.332 e. The molecule has 0 fully saturated rings. The normalized spacial score (nSPS) is 10.0. The van der Waals surface area contributed by atoms with Crippen LogP contribution in [0.2, 0.25) is 0 Å². The van der Waals surface area contributed by atoms with Gasteiger partial charge in [0.25, 0.3) is 5.69 Å². The van der Waals surface area contributed by atoms with Gasteiger partial charge in [-0.05, 0) is 37.2 Å². The molecule has 0 aromatic heterocycles. The molecule has 0 unspecified atom stereocenters. The Hall–Kier alpha value is -2.02. The molecule has 1 aromatic carbocycles. The van der Waals surface area contributed by atoms with Crippen LogP contribution in [-0.2, 0) is 4.79 Å². The predicted octanol–water partition coefficient (Wildman–Crippen LogP) is 3.30. The van der Waals surface area contributed by atoms with Crippen LogP contribution in [0.15, 0.2) is 18.2 Å². The number of carbonyl (C=O) groups excluding carboxylic acids is 1. The van der Waals surface area contributed by atoms with Crippen molar-refractivity contribution in [2.24, 2.45) is 0 Å². The second kappa shape index (κ2) is 8.31. The van der Waals surface area contributed by atoms with Crippen LogP contribution in [0.4, 0.5) is 11.4 Å². The molecule has 1 amide bonds. The van der Waals surface area contributed by atoms with Crippen molar-refractivity contribution in [3.63, 3.8) is 0 Å². The molecule has 6 nitrogen and oxygen atoms in total. The monoisotopic (exact) mass is 309 g/mol. The third-order valence-electron chi connectivity index (χ3n) is 2.93. The first-order valence-corrected chi connectivity index (χ1v) is 7.20. The minimum absolute atomic E-state index is 0.0209. The summed E-state index contributed by atoms with van der Waals surface area (Å²) in [7, 11) is 0. The Morgan fingerprint density at radius 1 is 1.38 bits per heavy atom. The van der Waals surface area contributed by atoms with Crippen LogP contribution >= 0.6 is 12.2 Å². The summed E-state index contributed by atoms with van der Waals surface area (Å²) in [6.45, 7) is 3.81. The van der Waals surface area contributed by atoms with Crippen molar-refractivity contribution in [2.45, 2.75) is 39.5 Å². The number of hydrogen-bond donors (Lipinski definition) is 2. The van der Waals surface area contributed by atoms with Gasteiger partial charge in [-0.2, -0.15) is 0 Å². The van der Waals surface area contributed by atoms with E-state index in [-0.39, 0.29) is 16.7 Å². The van der Waals surface area contributed by atoms with E-state index in [0.29, 0.717) is 17.7 Å². The SMILES string of the molecule is CCCCCC(=O)NC(=S)Nc1ccc([N+](=O)[O-])cc1C. The molecular formula is C14H19N3O3S. The van der Waals surface area contributed by atoms with E-state index in [1.54, 1.807) is 13.0 Å². The molecule has 0 saturated carbocycles. The average Bonchev–Trinajstić information content (AvgIpc) is 2.41. The van der Waals surface area contributed by atoms with Gasteiger partial charge in [-0.15, -0.1) is 0 Å². The Morgan fingerprint density at radius 3 is 2.67 bits per heavy atom. The summed E-state index contributed by atoms with van der Waals surface area (Å²) in [4.78, 5) is 21.8. The predicted molar refractivity (Wildman–Crippen MR) is 86.3 cm³/mol. The molecule has 0 radical (unpaired) electrons. The summed E-state index contributed by atoms with van der Waals surface area (Å²) in [5.41, 5.74) is 1.35. The third kappa shape index (κ3) is 5.86. The van der Waals surface area contributed by atoms with Gasteiger partial charge in [0, 0.05) is 24.2 Å². The van der Waals surface area contributed by atoms with E-state index in [1.165, 1.54) is 12.1 Å². The molecule has 2 N–H and O–H groups in total. The summed E-state index contributed by atoms with van der Waals surface area (Å²) in [6.07, 6.45) is 3.34. The molecule has 0 atom stereocenters. The highest BCUT2D eigenvalue weighted by molar-refractivity contribution is 7.80. The van der Waals surface area contributed by atoms with Crippen molar-refractivity contribution in [2.75, 3.05) is 5.32 Å². The molecule has 21 heavy (non-hydrogen) atoms. The number of nitro benzene ring substituents is 1. The summed E-state index contributed by atoms with van der Waals surface area (Å²) in [5.74, 6) is -0.125. The van der Waals surface area contributed by atoms with Crippen molar-refractivity contribution >= 4 is 34.6 Å². The van der Waals surface area contributed by atoms with Crippen LogP contribution in [0, 0.1) is 17.0 Å². The average molecular weight is 309 g/mol. The summed E-state index contributed by atoms with van der Waals surface area (Å²) >= 11 is 5.06. The standard InChI is InChI=1S/C14H19N3O3S/c1-3-4-5-6-13(18)16-14(21)15-12-8-7-11(17(19)20)9-10(12)2/h7-9H,3-6H2,1-2H3,(H2,15,16,18,21). The smallest absolute Gasteiger partial charge is 0.269 e. The molecule has 0 heterocycles. The molecule has 1 rings (SSSR count). The van der Waals surface area contributed by atoms with Gasteiger partial charge in [0.2, 0.25) is 5.91 Å². The number of amides is 1. The van der Waals surface area contributed by atoms with E-state index in [2.05, 4.69) is 17.6 Å². The summed E-state index contributed by atoms with van der Waals surface area (Å²) in [5, 5.41) is 16.3. The number of carbonyl (C=O) groups is 1. The van der Waals surface area contributed by atoms with Gasteiger partial charge in [0.1, 0.15) is 0 Å².